The summed E-state index contributed by atoms with van der Waals surface area (Å²) < 4.78 is 0. The molecular formula is C11H17N3O4. The van der Waals surface area contributed by atoms with E-state index in [1.165, 1.54) is 0 Å². The Hall–Kier alpha value is -1.50. The van der Waals surface area contributed by atoms with Gasteiger partial charge in [0.25, 0.3) is 5.54 Å². The van der Waals surface area contributed by atoms with Gasteiger partial charge in [-0.25, -0.2) is 0 Å². The third-order valence-corrected chi connectivity index (χ3v) is 4.69. The molecule has 100 valence electrons. The molecule has 2 bridgehead atoms. The first-order chi connectivity index (χ1) is 8.27. The van der Waals surface area contributed by atoms with Crippen LogP contribution in [0.2, 0.25) is 0 Å². The number of rotatable bonds is 2. The van der Waals surface area contributed by atoms with Crippen molar-refractivity contribution in [2.24, 2.45) is 11.8 Å². The predicted molar refractivity (Wildman–Crippen MR) is 64.4 cm³/mol. The highest BCUT2D eigenvalue weighted by atomic mass is 16.6. The molecule has 0 amide bonds. The van der Waals surface area contributed by atoms with Crippen molar-refractivity contribution in [2.75, 3.05) is 20.1 Å². The van der Waals surface area contributed by atoms with Gasteiger partial charge in [0.05, 0.1) is 13.1 Å². The summed E-state index contributed by atoms with van der Waals surface area (Å²) in [5, 5.41) is 23.0. The Morgan fingerprint density at radius 2 is 1.83 bits per heavy atom. The van der Waals surface area contributed by atoms with Crippen LogP contribution in [-0.4, -0.2) is 46.0 Å². The smallest absolute Gasteiger partial charge is 0.262 e. The molecule has 0 spiro atoms. The highest BCUT2D eigenvalue weighted by Crippen LogP contribution is 2.47. The van der Waals surface area contributed by atoms with Crippen LogP contribution in [0.1, 0.15) is 13.8 Å². The Morgan fingerprint density at radius 1 is 1.22 bits per heavy atom. The zero-order valence-electron chi connectivity index (χ0n) is 10.7. The molecule has 1 heterocycles. The first-order valence-electron chi connectivity index (χ1n) is 5.94. The molecule has 1 aliphatic heterocycles. The van der Waals surface area contributed by atoms with E-state index in [-0.39, 0.29) is 28.9 Å². The van der Waals surface area contributed by atoms with Crippen molar-refractivity contribution in [3.63, 3.8) is 0 Å². The molecule has 1 saturated heterocycles. The fourth-order valence-corrected chi connectivity index (χ4v) is 3.50. The number of nitrogens with zero attached hydrogens (tertiary/aromatic N) is 3. The van der Waals surface area contributed by atoms with E-state index in [4.69, 9.17) is 0 Å². The highest BCUT2D eigenvalue weighted by Gasteiger charge is 2.70. The lowest BCUT2D eigenvalue weighted by atomic mass is 9.60. The minimum atomic E-state index is -1.34. The molecule has 2 rings (SSSR count). The van der Waals surface area contributed by atoms with E-state index in [1.807, 2.05) is 0 Å². The number of piperidine rings is 1. The van der Waals surface area contributed by atoms with Gasteiger partial charge in [-0.3, -0.25) is 25.1 Å². The fraction of sp³-hybridized carbons (Fsp3) is 0.818. The average molecular weight is 255 g/mol. The molecule has 0 aromatic heterocycles. The Kier molecular flexibility index (Phi) is 2.69. The summed E-state index contributed by atoms with van der Waals surface area (Å²) in [4.78, 5) is 24.0. The van der Waals surface area contributed by atoms with E-state index in [9.17, 15) is 20.2 Å². The van der Waals surface area contributed by atoms with E-state index in [2.05, 4.69) is 0 Å². The van der Waals surface area contributed by atoms with Crippen LogP contribution in [0.5, 0.6) is 0 Å². The predicted octanol–water partition coefficient (Wildman–Crippen LogP) is 0.805. The Labute approximate surface area is 105 Å². The van der Waals surface area contributed by atoms with Crippen molar-refractivity contribution < 1.29 is 9.85 Å². The summed E-state index contributed by atoms with van der Waals surface area (Å²) >= 11 is 0. The van der Waals surface area contributed by atoms with Crippen molar-refractivity contribution >= 4 is 0 Å². The molecule has 7 nitrogen and oxygen atoms in total. The van der Waals surface area contributed by atoms with Crippen molar-refractivity contribution in [3.05, 3.63) is 32.4 Å². The second-order valence-corrected chi connectivity index (χ2v) is 5.54. The number of likely N-dealkylation sites (tertiary alicyclic amines) is 1. The molecule has 18 heavy (non-hydrogen) atoms. The maximum absolute atomic E-state index is 11.5. The van der Waals surface area contributed by atoms with Gasteiger partial charge in [0.15, 0.2) is 0 Å². The van der Waals surface area contributed by atoms with Crippen LogP contribution in [0.25, 0.3) is 0 Å². The summed E-state index contributed by atoms with van der Waals surface area (Å²) in [5.74, 6) is -0.926. The summed E-state index contributed by atoms with van der Waals surface area (Å²) in [7, 11) is 1.70. The van der Waals surface area contributed by atoms with Gasteiger partial charge in [0.1, 0.15) is 5.92 Å². The third kappa shape index (κ3) is 1.33. The molecule has 1 fully saturated rings. The molecule has 1 aliphatic carbocycles. The van der Waals surface area contributed by atoms with Gasteiger partial charge >= 0.3 is 0 Å². The second kappa shape index (κ2) is 3.74. The standard InChI is InChI=1S/C11H17N3O4/c1-8-4-5-10(13(15)16)6-12(3)7-11(8,9(10)2)14(17)18/h4-5,8-9H,6-7H2,1-3H3/t8-,9-,10-,11+/m1/s1. The summed E-state index contributed by atoms with van der Waals surface area (Å²) in [6.07, 6.45) is 3.19. The van der Waals surface area contributed by atoms with Gasteiger partial charge in [-0.2, -0.15) is 0 Å². The Morgan fingerprint density at radius 3 is 2.33 bits per heavy atom. The largest absolute Gasteiger partial charge is 0.292 e. The molecule has 0 radical (unpaired) electrons. The number of likely N-dealkylation sites (N-methyl/N-ethyl adjacent to an activating group) is 1. The van der Waals surface area contributed by atoms with Gasteiger partial charge in [-0.15, -0.1) is 0 Å². The minimum absolute atomic E-state index is 0.222. The fourth-order valence-electron chi connectivity index (χ4n) is 3.50. The molecule has 2 aliphatic rings. The number of nitro groups is 2. The zero-order chi connectivity index (χ0) is 13.7. The number of hydrogen-bond donors (Lipinski definition) is 0. The molecule has 7 heteroatoms. The van der Waals surface area contributed by atoms with Gasteiger partial charge in [0.2, 0.25) is 5.54 Å². The number of fused-ring (bicyclic) bond motifs is 2. The Balaban J connectivity index is 2.63. The summed E-state index contributed by atoms with van der Waals surface area (Å²) in [5.41, 5.74) is -2.61. The molecule has 0 aromatic carbocycles. The van der Waals surface area contributed by atoms with E-state index in [1.54, 1.807) is 37.9 Å². The molecule has 0 unspecified atom stereocenters. The summed E-state index contributed by atoms with van der Waals surface area (Å²) in [6.45, 7) is 3.87. The van der Waals surface area contributed by atoms with Crippen molar-refractivity contribution in [2.45, 2.75) is 24.9 Å². The van der Waals surface area contributed by atoms with Gasteiger partial charge < -0.3 is 0 Å². The van der Waals surface area contributed by atoms with Gasteiger partial charge in [-0.1, -0.05) is 13.0 Å². The molecular weight excluding hydrogens is 238 g/mol. The van der Waals surface area contributed by atoms with Crippen molar-refractivity contribution in [1.29, 1.82) is 0 Å². The first kappa shape index (κ1) is 12.9. The van der Waals surface area contributed by atoms with Crippen LogP contribution in [0, 0.1) is 32.1 Å². The molecule has 0 N–H and O–H groups in total. The van der Waals surface area contributed by atoms with E-state index < -0.39 is 17.0 Å². The van der Waals surface area contributed by atoms with Gasteiger partial charge in [-0.05, 0) is 20.0 Å². The quantitative estimate of drug-likeness (QED) is 0.413. The maximum Gasteiger partial charge on any atom is 0.262 e. The molecule has 0 saturated carbocycles. The van der Waals surface area contributed by atoms with Crippen LogP contribution >= 0.6 is 0 Å². The molecule has 0 aromatic rings. The highest BCUT2D eigenvalue weighted by molar-refractivity contribution is 5.22. The lowest BCUT2D eigenvalue weighted by Crippen LogP contribution is -2.72. The third-order valence-electron chi connectivity index (χ3n) is 4.69. The van der Waals surface area contributed by atoms with E-state index >= 15 is 0 Å². The zero-order valence-corrected chi connectivity index (χ0v) is 10.7. The van der Waals surface area contributed by atoms with E-state index in [0.29, 0.717) is 0 Å². The lowest BCUT2D eigenvalue weighted by Gasteiger charge is -2.49. The normalized spacial score (nSPS) is 43.7. The monoisotopic (exact) mass is 255 g/mol. The van der Waals surface area contributed by atoms with Crippen molar-refractivity contribution in [3.8, 4) is 0 Å². The topological polar surface area (TPSA) is 89.5 Å². The van der Waals surface area contributed by atoms with Crippen LogP contribution in [0.3, 0.4) is 0 Å². The second-order valence-electron chi connectivity index (χ2n) is 5.54. The lowest BCUT2D eigenvalue weighted by molar-refractivity contribution is -0.640. The Bertz CT molecular complexity index is 438. The average Bonchev–Trinajstić information content (AvgIpc) is 2.26. The minimum Gasteiger partial charge on any atom is -0.292 e. The molecule has 4 atom stereocenters. The van der Waals surface area contributed by atoms with Crippen LogP contribution in [-0.2, 0) is 0 Å². The van der Waals surface area contributed by atoms with Crippen LogP contribution in [0.15, 0.2) is 12.2 Å². The first-order valence-corrected chi connectivity index (χ1v) is 5.94. The van der Waals surface area contributed by atoms with Crippen LogP contribution < -0.4 is 0 Å². The summed E-state index contributed by atoms with van der Waals surface area (Å²) in [6, 6.07) is 0. The van der Waals surface area contributed by atoms with Crippen LogP contribution in [0.4, 0.5) is 0 Å². The maximum atomic E-state index is 11.5. The SMILES string of the molecule is C[C@@H]1C=C[C@@]2([N+](=O)[O-])CN(C)C[C@@]1([N+](=O)[O-])[C@@H]2C. The number of hydrogen-bond acceptors (Lipinski definition) is 5. The van der Waals surface area contributed by atoms with Crippen molar-refractivity contribution in [1.82, 2.24) is 4.90 Å². The van der Waals surface area contributed by atoms with Gasteiger partial charge in [0, 0.05) is 15.8 Å². The van der Waals surface area contributed by atoms with E-state index in [0.717, 1.165) is 0 Å².